The first-order chi connectivity index (χ1) is 10.0. The van der Waals surface area contributed by atoms with E-state index in [4.69, 9.17) is 10.2 Å². The van der Waals surface area contributed by atoms with E-state index in [2.05, 4.69) is 0 Å². The van der Waals surface area contributed by atoms with Gasteiger partial charge in [-0.2, -0.15) is 0 Å². The molecule has 0 bridgehead atoms. The zero-order chi connectivity index (χ0) is 16.4. The first kappa shape index (κ1) is 15.6. The molecule has 0 aliphatic heterocycles. The maximum atomic E-state index is 12.5. The third-order valence-electron chi connectivity index (χ3n) is 5.37. The molecule has 22 heavy (non-hydrogen) atoms. The number of hydrogen-bond acceptors (Lipinski definition) is 2. The molecular weight excluding hydrogens is 308 g/mol. The highest BCUT2D eigenvalue weighted by Gasteiger charge is 2.66. The monoisotopic (exact) mass is 324 g/mol. The maximum Gasteiger partial charge on any atom is 0.307 e. The largest absolute Gasteiger partial charge is 0.481 e. The minimum absolute atomic E-state index is 0.214. The number of rotatable bonds is 2. The van der Waals surface area contributed by atoms with E-state index in [1.165, 1.54) is 0 Å². The summed E-state index contributed by atoms with van der Waals surface area (Å²) in [5.74, 6) is -8.84. The van der Waals surface area contributed by atoms with E-state index in [1.807, 2.05) is 0 Å². The molecule has 124 valence electrons. The van der Waals surface area contributed by atoms with Crippen molar-refractivity contribution in [3.8, 4) is 0 Å². The molecule has 0 aromatic carbocycles. The highest BCUT2D eigenvalue weighted by Crippen LogP contribution is 2.63. The van der Waals surface area contributed by atoms with Crippen LogP contribution in [0, 0.1) is 35.5 Å². The summed E-state index contributed by atoms with van der Waals surface area (Å²) in [6.07, 6.45) is -0.855. The second kappa shape index (κ2) is 4.58. The summed E-state index contributed by atoms with van der Waals surface area (Å²) in [4.78, 5) is 20.7. The van der Waals surface area contributed by atoms with Crippen molar-refractivity contribution < 1.29 is 37.4 Å². The predicted molar refractivity (Wildman–Crippen MR) is 64.6 cm³/mol. The van der Waals surface area contributed by atoms with Gasteiger partial charge < -0.3 is 10.2 Å². The molecule has 0 saturated heterocycles. The molecule has 0 heterocycles. The average Bonchev–Trinajstić information content (AvgIpc) is 3.08. The van der Waals surface area contributed by atoms with E-state index in [-0.39, 0.29) is 49.4 Å². The molecule has 0 spiro atoms. The van der Waals surface area contributed by atoms with Gasteiger partial charge in [-0.15, -0.1) is 0 Å². The van der Waals surface area contributed by atoms with Gasteiger partial charge in [0.1, 0.15) is 0 Å². The molecule has 0 aromatic rings. The fraction of sp³-hybridized carbons (Fsp3) is 0.857. The van der Waals surface area contributed by atoms with Crippen LogP contribution in [0.4, 0.5) is 17.6 Å². The second-order valence-electron chi connectivity index (χ2n) is 6.91. The number of alkyl halides is 4. The standard InChI is InChI=1S/2C7H8F2O2/c2*8-7(9)1-3-4(2-7)5(3)6(10)11/h2*3-5H,1-2H2,(H,10,11)/t2*3-,4+,5?. The molecule has 4 fully saturated rings. The van der Waals surface area contributed by atoms with Gasteiger partial charge in [0.05, 0.1) is 11.8 Å². The lowest BCUT2D eigenvalue weighted by Crippen LogP contribution is -2.17. The Morgan fingerprint density at radius 1 is 0.682 bits per heavy atom. The number of carboxylic acid groups (broad SMARTS) is 2. The summed E-state index contributed by atoms with van der Waals surface area (Å²) in [6, 6.07) is 0. The van der Waals surface area contributed by atoms with Gasteiger partial charge in [-0.1, -0.05) is 0 Å². The van der Waals surface area contributed by atoms with Crippen molar-refractivity contribution in [1.82, 2.24) is 0 Å². The topological polar surface area (TPSA) is 74.6 Å². The smallest absolute Gasteiger partial charge is 0.307 e. The van der Waals surface area contributed by atoms with E-state index in [0.717, 1.165) is 0 Å². The highest BCUT2D eigenvalue weighted by molar-refractivity contribution is 5.75. The minimum Gasteiger partial charge on any atom is -0.481 e. The number of fused-ring (bicyclic) bond motifs is 2. The molecule has 6 atom stereocenters. The van der Waals surface area contributed by atoms with Crippen LogP contribution in [0.3, 0.4) is 0 Å². The Balaban J connectivity index is 0.000000131. The van der Waals surface area contributed by atoms with Gasteiger partial charge in [-0.25, -0.2) is 17.6 Å². The van der Waals surface area contributed by atoms with Crippen LogP contribution < -0.4 is 0 Å². The fourth-order valence-corrected chi connectivity index (χ4v) is 4.28. The Morgan fingerprint density at radius 3 is 1.09 bits per heavy atom. The molecule has 4 aliphatic rings. The van der Waals surface area contributed by atoms with Gasteiger partial charge in [0.25, 0.3) is 0 Å². The van der Waals surface area contributed by atoms with Crippen molar-refractivity contribution in [3.05, 3.63) is 0 Å². The van der Waals surface area contributed by atoms with Crippen molar-refractivity contribution in [2.24, 2.45) is 35.5 Å². The Kier molecular flexibility index (Phi) is 3.24. The van der Waals surface area contributed by atoms with Gasteiger partial charge in [0.15, 0.2) is 0 Å². The zero-order valence-electron chi connectivity index (χ0n) is 11.5. The number of carbonyl (C=O) groups is 2. The summed E-state index contributed by atoms with van der Waals surface area (Å²) in [7, 11) is 0. The van der Waals surface area contributed by atoms with E-state index in [1.54, 1.807) is 0 Å². The Bertz CT molecular complexity index is 447. The first-order valence-electron chi connectivity index (χ1n) is 7.24. The second-order valence-corrected chi connectivity index (χ2v) is 6.91. The summed E-state index contributed by atoms with van der Waals surface area (Å²) < 4.78 is 49.9. The van der Waals surface area contributed by atoms with Crippen LogP contribution in [-0.2, 0) is 9.59 Å². The molecule has 4 rings (SSSR count). The summed E-state index contributed by atoms with van der Waals surface area (Å²) >= 11 is 0. The number of halogens is 4. The van der Waals surface area contributed by atoms with Crippen molar-refractivity contribution in [2.45, 2.75) is 37.5 Å². The van der Waals surface area contributed by atoms with E-state index >= 15 is 0 Å². The number of hydrogen-bond donors (Lipinski definition) is 2. The van der Waals surface area contributed by atoms with Crippen LogP contribution in [0.5, 0.6) is 0 Å². The van der Waals surface area contributed by atoms with Gasteiger partial charge in [-0.3, -0.25) is 9.59 Å². The fourth-order valence-electron chi connectivity index (χ4n) is 4.28. The Morgan fingerprint density at radius 2 is 0.909 bits per heavy atom. The van der Waals surface area contributed by atoms with E-state index < -0.39 is 35.6 Å². The highest BCUT2D eigenvalue weighted by atomic mass is 19.3. The van der Waals surface area contributed by atoms with E-state index in [9.17, 15) is 27.2 Å². The van der Waals surface area contributed by atoms with Crippen LogP contribution in [0.15, 0.2) is 0 Å². The van der Waals surface area contributed by atoms with Gasteiger partial charge >= 0.3 is 11.9 Å². The maximum absolute atomic E-state index is 12.5. The van der Waals surface area contributed by atoms with Gasteiger partial charge in [-0.05, 0) is 23.7 Å². The Hall–Kier alpha value is -1.34. The van der Waals surface area contributed by atoms with Crippen LogP contribution >= 0.6 is 0 Å². The van der Waals surface area contributed by atoms with Crippen molar-refractivity contribution in [2.75, 3.05) is 0 Å². The van der Waals surface area contributed by atoms with Crippen molar-refractivity contribution in [3.63, 3.8) is 0 Å². The summed E-state index contributed by atoms with van der Waals surface area (Å²) in [5, 5.41) is 17.0. The number of carboxylic acids is 2. The van der Waals surface area contributed by atoms with Crippen LogP contribution in [-0.4, -0.2) is 34.0 Å². The molecule has 4 nitrogen and oxygen atoms in total. The lowest BCUT2D eigenvalue weighted by Gasteiger charge is -2.10. The van der Waals surface area contributed by atoms with Crippen LogP contribution in [0.25, 0.3) is 0 Å². The third kappa shape index (κ3) is 2.67. The predicted octanol–water partition coefficient (Wildman–Crippen LogP) is 2.72. The first-order valence-corrected chi connectivity index (χ1v) is 7.24. The molecule has 0 aromatic heterocycles. The third-order valence-corrected chi connectivity index (χ3v) is 5.37. The molecule has 8 heteroatoms. The van der Waals surface area contributed by atoms with E-state index in [0.29, 0.717) is 0 Å². The molecule has 4 aliphatic carbocycles. The van der Waals surface area contributed by atoms with Gasteiger partial charge in [0, 0.05) is 25.7 Å². The van der Waals surface area contributed by atoms with Crippen LogP contribution in [0.1, 0.15) is 25.7 Å². The van der Waals surface area contributed by atoms with Gasteiger partial charge in [0.2, 0.25) is 11.8 Å². The molecular formula is C14H16F4O4. The zero-order valence-corrected chi connectivity index (χ0v) is 11.5. The lowest BCUT2D eigenvalue weighted by molar-refractivity contribution is -0.141. The molecule has 2 N–H and O–H groups in total. The minimum atomic E-state index is -2.58. The summed E-state index contributed by atoms with van der Waals surface area (Å²) in [6.45, 7) is 0. The quantitative estimate of drug-likeness (QED) is 0.766. The lowest BCUT2D eigenvalue weighted by atomic mass is 10.1. The Labute approximate surface area is 123 Å². The molecule has 0 radical (unpaired) electrons. The molecule has 4 saturated carbocycles. The van der Waals surface area contributed by atoms with Crippen molar-refractivity contribution in [1.29, 1.82) is 0 Å². The SMILES string of the molecule is O=C(O)C1[C@H]2CC(F)(F)C[C@@H]12.O=C(O)C1[C@H]2CC(F)(F)C[C@@H]12. The molecule has 2 unspecified atom stereocenters. The van der Waals surface area contributed by atoms with Crippen molar-refractivity contribution >= 4 is 11.9 Å². The summed E-state index contributed by atoms with van der Waals surface area (Å²) in [5.41, 5.74) is 0. The normalized spacial score (nSPS) is 45.1. The molecule has 0 amide bonds. The number of aliphatic carboxylic acids is 2. The van der Waals surface area contributed by atoms with Crippen LogP contribution in [0.2, 0.25) is 0 Å². The average molecular weight is 324 g/mol.